The van der Waals surface area contributed by atoms with Crippen molar-refractivity contribution in [2.75, 3.05) is 13.2 Å². The Morgan fingerprint density at radius 2 is 2.25 bits per heavy atom. The molecule has 0 radical (unpaired) electrons. The van der Waals surface area contributed by atoms with Gasteiger partial charge in [0, 0.05) is 18.9 Å². The number of nitrogens with two attached hydrogens (primary N) is 1. The molecule has 1 saturated carbocycles. The Balaban J connectivity index is 2.07. The third-order valence-electron chi connectivity index (χ3n) is 2.37. The quantitative estimate of drug-likeness (QED) is 0.663. The molecular weight excluding hydrogens is 154 g/mol. The van der Waals surface area contributed by atoms with Crippen molar-refractivity contribution < 1.29 is 9.53 Å². The summed E-state index contributed by atoms with van der Waals surface area (Å²) >= 11 is 0. The lowest BCUT2D eigenvalue weighted by molar-refractivity contribution is -0.131. The number of Topliss-reactive ketones (excluding diaryl/α,β-unsaturated/α-hetero) is 1. The average Bonchev–Trinajstić information content (AvgIpc) is 2.01. The lowest BCUT2D eigenvalue weighted by atomic mass is 9.78. The van der Waals surface area contributed by atoms with Crippen LogP contribution < -0.4 is 5.73 Å². The number of hydrogen-bond donors (Lipinski definition) is 1. The minimum absolute atomic E-state index is 0.276. The molecule has 0 saturated heterocycles. The van der Waals surface area contributed by atoms with Gasteiger partial charge in [0.25, 0.3) is 0 Å². The molecule has 0 bridgehead atoms. The van der Waals surface area contributed by atoms with Crippen LogP contribution in [-0.2, 0) is 9.53 Å². The van der Waals surface area contributed by atoms with Crippen molar-refractivity contribution in [1.82, 2.24) is 0 Å². The molecule has 1 rings (SSSR count). The molecule has 0 unspecified atom stereocenters. The summed E-state index contributed by atoms with van der Waals surface area (Å²) in [5.74, 6) is 0.653. The average molecular weight is 171 g/mol. The van der Waals surface area contributed by atoms with Gasteiger partial charge in [-0.05, 0) is 12.8 Å². The molecule has 1 aliphatic carbocycles. The second kappa shape index (κ2) is 4.58. The highest BCUT2D eigenvalue weighted by Gasteiger charge is 2.33. The van der Waals surface area contributed by atoms with E-state index in [2.05, 4.69) is 0 Å². The summed E-state index contributed by atoms with van der Waals surface area (Å²) in [6.07, 6.45) is 2.78. The van der Waals surface area contributed by atoms with Gasteiger partial charge in [-0.3, -0.25) is 4.79 Å². The molecule has 0 atom stereocenters. The predicted octanol–water partition coefficient (Wildman–Crippen LogP) is 0.719. The van der Waals surface area contributed by atoms with E-state index in [1.807, 2.05) is 6.92 Å². The molecule has 0 spiro atoms. The second-order valence-electron chi connectivity index (χ2n) is 3.27. The molecule has 3 heteroatoms. The SMILES string of the molecule is CCC(=O)C1CC(OCCN)C1. The molecule has 0 heterocycles. The maximum Gasteiger partial charge on any atom is 0.135 e. The van der Waals surface area contributed by atoms with Gasteiger partial charge in [-0.1, -0.05) is 6.92 Å². The smallest absolute Gasteiger partial charge is 0.135 e. The summed E-state index contributed by atoms with van der Waals surface area (Å²) in [7, 11) is 0. The van der Waals surface area contributed by atoms with Crippen LogP contribution >= 0.6 is 0 Å². The molecule has 2 N–H and O–H groups in total. The van der Waals surface area contributed by atoms with Gasteiger partial charge in [0.15, 0.2) is 0 Å². The van der Waals surface area contributed by atoms with Gasteiger partial charge in [-0.25, -0.2) is 0 Å². The topological polar surface area (TPSA) is 52.3 Å². The van der Waals surface area contributed by atoms with E-state index in [1.54, 1.807) is 0 Å². The van der Waals surface area contributed by atoms with E-state index in [-0.39, 0.29) is 5.92 Å². The first-order valence-corrected chi connectivity index (χ1v) is 4.62. The summed E-state index contributed by atoms with van der Waals surface area (Å²) < 4.78 is 5.37. The van der Waals surface area contributed by atoms with Gasteiger partial charge in [0.2, 0.25) is 0 Å². The van der Waals surface area contributed by atoms with Gasteiger partial charge in [-0.15, -0.1) is 0 Å². The number of carbonyl (C=O) groups excluding carboxylic acids is 1. The first kappa shape index (κ1) is 9.68. The van der Waals surface area contributed by atoms with Crippen LogP contribution in [0.4, 0.5) is 0 Å². The standard InChI is InChI=1S/C9H17NO2/c1-2-9(11)7-5-8(6-7)12-4-3-10/h7-8H,2-6,10H2,1H3. The van der Waals surface area contributed by atoms with Gasteiger partial charge >= 0.3 is 0 Å². The Bertz CT molecular complexity index is 153. The zero-order valence-corrected chi connectivity index (χ0v) is 7.58. The fourth-order valence-electron chi connectivity index (χ4n) is 1.49. The Labute approximate surface area is 73.3 Å². The third-order valence-corrected chi connectivity index (χ3v) is 2.37. The number of ether oxygens (including phenoxy) is 1. The van der Waals surface area contributed by atoms with E-state index in [9.17, 15) is 4.79 Å². The predicted molar refractivity (Wildman–Crippen MR) is 46.8 cm³/mol. The molecule has 0 aliphatic heterocycles. The zero-order chi connectivity index (χ0) is 8.97. The van der Waals surface area contributed by atoms with E-state index in [1.165, 1.54) is 0 Å². The Kier molecular flexibility index (Phi) is 3.69. The van der Waals surface area contributed by atoms with E-state index < -0.39 is 0 Å². The molecule has 0 amide bonds. The zero-order valence-electron chi connectivity index (χ0n) is 7.58. The van der Waals surface area contributed by atoms with Crippen LogP contribution in [0.3, 0.4) is 0 Å². The first-order chi connectivity index (χ1) is 5.77. The summed E-state index contributed by atoms with van der Waals surface area (Å²) in [4.78, 5) is 11.1. The Morgan fingerprint density at radius 3 is 2.75 bits per heavy atom. The van der Waals surface area contributed by atoms with Gasteiger partial charge in [0.1, 0.15) is 5.78 Å². The van der Waals surface area contributed by atoms with Crippen molar-refractivity contribution in [2.45, 2.75) is 32.3 Å². The number of hydrogen-bond acceptors (Lipinski definition) is 3. The van der Waals surface area contributed by atoms with Crippen LogP contribution in [0.25, 0.3) is 0 Å². The highest BCUT2D eigenvalue weighted by Crippen LogP contribution is 2.31. The van der Waals surface area contributed by atoms with Gasteiger partial charge < -0.3 is 10.5 Å². The van der Waals surface area contributed by atoms with Crippen LogP contribution in [0.15, 0.2) is 0 Å². The molecule has 1 fully saturated rings. The number of ketones is 1. The summed E-state index contributed by atoms with van der Waals surface area (Å²) in [6, 6.07) is 0. The van der Waals surface area contributed by atoms with Crippen LogP contribution in [0.5, 0.6) is 0 Å². The lowest BCUT2D eigenvalue weighted by Crippen LogP contribution is -2.37. The molecule has 70 valence electrons. The summed E-state index contributed by atoms with van der Waals surface area (Å²) in [5, 5.41) is 0. The van der Waals surface area contributed by atoms with Crippen LogP contribution in [0.2, 0.25) is 0 Å². The lowest BCUT2D eigenvalue weighted by Gasteiger charge is -2.33. The maximum absolute atomic E-state index is 11.1. The maximum atomic E-state index is 11.1. The highest BCUT2D eigenvalue weighted by atomic mass is 16.5. The Morgan fingerprint density at radius 1 is 1.58 bits per heavy atom. The molecule has 3 nitrogen and oxygen atoms in total. The monoisotopic (exact) mass is 171 g/mol. The van der Waals surface area contributed by atoms with Crippen LogP contribution in [0, 0.1) is 5.92 Å². The van der Waals surface area contributed by atoms with Crippen molar-refractivity contribution in [3.63, 3.8) is 0 Å². The van der Waals surface area contributed by atoms with Crippen molar-refractivity contribution in [1.29, 1.82) is 0 Å². The van der Waals surface area contributed by atoms with Gasteiger partial charge in [0.05, 0.1) is 12.7 Å². The fraction of sp³-hybridized carbons (Fsp3) is 0.889. The number of rotatable bonds is 5. The summed E-state index contributed by atoms with van der Waals surface area (Å²) in [6.45, 7) is 3.11. The molecular formula is C9H17NO2. The van der Waals surface area contributed by atoms with Crippen molar-refractivity contribution in [2.24, 2.45) is 11.7 Å². The molecule has 1 aliphatic rings. The highest BCUT2D eigenvalue weighted by molar-refractivity contribution is 5.81. The normalized spacial score (nSPS) is 28.2. The van der Waals surface area contributed by atoms with E-state index in [0.29, 0.717) is 31.5 Å². The van der Waals surface area contributed by atoms with Gasteiger partial charge in [-0.2, -0.15) is 0 Å². The largest absolute Gasteiger partial charge is 0.377 e. The van der Waals surface area contributed by atoms with Crippen molar-refractivity contribution >= 4 is 5.78 Å². The number of carbonyl (C=O) groups is 1. The Hall–Kier alpha value is -0.410. The van der Waals surface area contributed by atoms with E-state index in [0.717, 1.165) is 12.8 Å². The van der Waals surface area contributed by atoms with Crippen LogP contribution in [-0.4, -0.2) is 25.0 Å². The minimum atomic E-state index is 0.276. The molecule has 0 aromatic heterocycles. The van der Waals surface area contributed by atoms with Crippen molar-refractivity contribution in [3.8, 4) is 0 Å². The van der Waals surface area contributed by atoms with E-state index >= 15 is 0 Å². The summed E-state index contributed by atoms with van der Waals surface area (Å²) in [5.41, 5.74) is 5.28. The molecule has 0 aromatic carbocycles. The fourth-order valence-corrected chi connectivity index (χ4v) is 1.49. The van der Waals surface area contributed by atoms with Crippen LogP contribution in [0.1, 0.15) is 26.2 Å². The molecule has 0 aromatic rings. The minimum Gasteiger partial charge on any atom is -0.377 e. The van der Waals surface area contributed by atoms with E-state index in [4.69, 9.17) is 10.5 Å². The third kappa shape index (κ3) is 2.29. The molecule has 12 heavy (non-hydrogen) atoms. The second-order valence-corrected chi connectivity index (χ2v) is 3.27. The van der Waals surface area contributed by atoms with Crippen molar-refractivity contribution in [3.05, 3.63) is 0 Å². The first-order valence-electron chi connectivity index (χ1n) is 4.62.